The van der Waals surface area contributed by atoms with Crippen LogP contribution >= 0.6 is 0 Å². The summed E-state index contributed by atoms with van der Waals surface area (Å²) in [6.45, 7) is 1.07. The number of rotatable bonds is 3. The summed E-state index contributed by atoms with van der Waals surface area (Å²) in [7, 11) is 0. The van der Waals surface area contributed by atoms with E-state index in [0.717, 1.165) is 5.56 Å². The van der Waals surface area contributed by atoms with E-state index in [1.165, 1.54) is 35.4 Å². The summed E-state index contributed by atoms with van der Waals surface area (Å²) in [5.41, 5.74) is 1.03. The molecule has 0 aliphatic carbocycles. The first-order valence-corrected chi connectivity index (χ1v) is 8.56. The van der Waals surface area contributed by atoms with Gasteiger partial charge in [0.05, 0.1) is 36.6 Å². The molecule has 138 valence electrons. The summed E-state index contributed by atoms with van der Waals surface area (Å²) in [5.74, 6) is -0.511. The molecule has 1 aliphatic rings. The number of aromatic nitrogens is 3. The van der Waals surface area contributed by atoms with Crippen LogP contribution in [-0.2, 0) is 16.1 Å². The second-order valence-corrected chi connectivity index (χ2v) is 6.32. The maximum absolute atomic E-state index is 13.1. The van der Waals surface area contributed by atoms with Gasteiger partial charge in [0.2, 0.25) is 5.91 Å². The standard InChI is InChI=1S/C19H17FN4O3/c20-14-3-1-13(2-4-14)17-10-23(7-8-27-17)18(25)11-24-12-22-16-9-21-6-5-15(16)19(24)26/h1-6,9,12,17H,7-8,10-11H2. The Morgan fingerprint density at radius 2 is 2.07 bits per heavy atom. The molecule has 1 aliphatic heterocycles. The van der Waals surface area contributed by atoms with Crippen molar-refractivity contribution in [2.24, 2.45) is 0 Å². The lowest BCUT2D eigenvalue weighted by atomic mass is 10.1. The van der Waals surface area contributed by atoms with E-state index < -0.39 is 0 Å². The van der Waals surface area contributed by atoms with Gasteiger partial charge in [0.15, 0.2) is 0 Å². The van der Waals surface area contributed by atoms with E-state index in [-0.39, 0.29) is 29.9 Å². The van der Waals surface area contributed by atoms with Crippen molar-refractivity contribution in [3.05, 3.63) is 70.8 Å². The molecule has 1 fully saturated rings. The third kappa shape index (κ3) is 3.56. The Kier molecular flexibility index (Phi) is 4.64. The number of carbonyl (C=O) groups is 1. The minimum Gasteiger partial charge on any atom is -0.370 e. The van der Waals surface area contributed by atoms with Crippen LogP contribution in [0.4, 0.5) is 4.39 Å². The summed E-state index contributed by atoms with van der Waals surface area (Å²) in [5, 5.41) is 0.423. The number of halogens is 1. The van der Waals surface area contributed by atoms with E-state index in [4.69, 9.17) is 4.74 Å². The fourth-order valence-corrected chi connectivity index (χ4v) is 3.12. The van der Waals surface area contributed by atoms with Crippen LogP contribution < -0.4 is 5.56 Å². The van der Waals surface area contributed by atoms with Crippen molar-refractivity contribution in [2.45, 2.75) is 12.6 Å². The molecule has 1 amide bonds. The van der Waals surface area contributed by atoms with Crippen molar-refractivity contribution in [1.29, 1.82) is 0 Å². The monoisotopic (exact) mass is 368 g/mol. The molecule has 1 atom stereocenters. The van der Waals surface area contributed by atoms with Gasteiger partial charge in [-0.2, -0.15) is 0 Å². The molecule has 27 heavy (non-hydrogen) atoms. The van der Waals surface area contributed by atoms with Crippen molar-refractivity contribution >= 4 is 16.8 Å². The maximum Gasteiger partial charge on any atom is 0.261 e. The van der Waals surface area contributed by atoms with Crippen molar-refractivity contribution in [1.82, 2.24) is 19.4 Å². The number of ether oxygens (including phenoxy) is 1. The molecule has 0 N–H and O–H groups in total. The summed E-state index contributed by atoms with van der Waals surface area (Å²) in [6, 6.07) is 7.63. The molecule has 0 bridgehead atoms. The van der Waals surface area contributed by atoms with Crippen LogP contribution in [0.3, 0.4) is 0 Å². The van der Waals surface area contributed by atoms with Gasteiger partial charge in [-0.1, -0.05) is 12.1 Å². The highest BCUT2D eigenvalue weighted by Gasteiger charge is 2.25. The van der Waals surface area contributed by atoms with E-state index in [9.17, 15) is 14.0 Å². The molecule has 2 aromatic heterocycles. The highest BCUT2D eigenvalue weighted by atomic mass is 19.1. The minimum atomic E-state index is -0.319. The highest BCUT2D eigenvalue weighted by molar-refractivity contribution is 5.78. The minimum absolute atomic E-state index is 0.0970. The van der Waals surface area contributed by atoms with Crippen LogP contribution in [0.5, 0.6) is 0 Å². The van der Waals surface area contributed by atoms with Crippen LogP contribution in [0.15, 0.2) is 53.8 Å². The van der Waals surface area contributed by atoms with Gasteiger partial charge >= 0.3 is 0 Å². The molecule has 3 heterocycles. The summed E-state index contributed by atoms with van der Waals surface area (Å²) in [4.78, 5) is 35.0. The first kappa shape index (κ1) is 17.3. The molecule has 0 saturated carbocycles. The zero-order valence-electron chi connectivity index (χ0n) is 14.4. The van der Waals surface area contributed by atoms with E-state index in [0.29, 0.717) is 30.6 Å². The molecule has 7 nitrogen and oxygen atoms in total. The second kappa shape index (κ2) is 7.24. The number of pyridine rings is 1. The third-order valence-corrected chi connectivity index (χ3v) is 4.59. The Morgan fingerprint density at radius 3 is 2.89 bits per heavy atom. The van der Waals surface area contributed by atoms with E-state index >= 15 is 0 Å². The average molecular weight is 368 g/mol. The fourth-order valence-electron chi connectivity index (χ4n) is 3.12. The SMILES string of the molecule is O=C(Cn1cnc2cnccc2c1=O)N1CCOC(c2ccc(F)cc2)C1. The van der Waals surface area contributed by atoms with Crippen molar-refractivity contribution < 1.29 is 13.9 Å². The zero-order chi connectivity index (χ0) is 18.8. The Hall–Kier alpha value is -3.13. The third-order valence-electron chi connectivity index (χ3n) is 4.59. The average Bonchev–Trinajstić information content (AvgIpc) is 2.71. The molecular formula is C19H17FN4O3. The van der Waals surface area contributed by atoms with Gasteiger partial charge in [-0.25, -0.2) is 9.37 Å². The number of hydrogen-bond acceptors (Lipinski definition) is 5. The lowest BCUT2D eigenvalue weighted by molar-refractivity contribution is -0.139. The van der Waals surface area contributed by atoms with Gasteiger partial charge < -0.3 is 9.64 Å². The zero-order valence-corrected chi connectivity index (χ0v) is 14.4. The van der Waals surface area contributed by atoms with Gasteiger partial charge in [-0.3, -0.25) is 19.1 Å². The Morgan fingerprint density at radius 1 is 1.26 bits per heavy atom. The Balaban J connectivity index is 1.50. The number of benzene rings is 1. The quantitative estimate of drug-likeness (QED) is 0.701. The number of morpholine rings is 1. The predicted molar refractivity (Wildman–Crippen MR) is 95.5 cm³/mol. The van der Waals surface area contributed by atoms with Gasteiger partial charge in [0, 0.05) is 12.7 Å². The molecule has 1 aromatic carbocycles. The Labute approximate surface area is 154 Å². The van der Waals surface area contributed by atoms with E-state index in [1.54, 1.807) is 23.1 Å². The van der Waals surface area contributed by atoms with Gasteiger partial charge in [0.1, 0.15) is 18.5 Å². The maximum atomic E-state index is 13.1. The van der Waals surface area contributed by atoms with Gasteiger partial charge in [-0.05, 0) is 23.8 Å². The van der Waals surface area contributed by atoms with Gasteiger partial charge in [-0.15, -0.1) is 0 Å². The molecule has 0 radical (unpaired) electrons. The first-order valence-electron chi connectivity index (χ1n) is 8.56. The van der Waals surface area contributed by atoms with Crippen LogP contribution in [0.2, 0.25) is 0 Å². The van der Waals surface area contributed by atoms with Crippen LogP contribution in [-0.4, -0.2) is 45.0 Å². The smallest absolute Gasteiger partial charge is 0.261 e. The lowest BCUT2D eigenvalue weighted by Gasteiger charge is -2.33. The first-order chi connectivity index (χ1) is 13.1. The predicted octanol–water partition coefficient (Wildman–Crippen LogP) is 1.53. The lowest BCUT2D eigenvalue weighted by Crippen LogP contribution is -2.44. The van der Waals surface area contributed by atoms with Crippen molar-refractivity contribution in [3.63, 3.8) is 0 Å². The fraction of sp³-hybridized carbons (Fsp3) is 0.263. The molecule has 1 saturated heterocycles. The summed E-state index contributed by atoms with van der Waals surface area (Å²) in [6.07, 6.45) is 4.08. The largest absolute Gasteiger partial charge is 0.370 e. The van der Waals surface area contributed by atoms with Crippen LogP contribution in [0, 0.1) is 5.82 Å². The summed E-state index contributed by atoms with van der Waals surface area (Å²) >= 11 is 0. The molecule has 1 unspecified atom stereocenters. The van der Waals surface area contributed by atoms with Crippen LogP contribution in [0.1, 0.15) is 11.7 Å². The van der Waals surface area contributed by atoms with Crippen molar-refractivity contribution in [3.8, 4) is 0 Å². The van der Waals surface area contributed by atoms with Crippen LogP contribution in [0.25, 0.3) is 10.9 Å². The van der Waals surface area contributed by atoms with Gasteiger partial charge in [0.25, 0.3) is 5.56 Å². The number of hydrogen-bond donors (Lipinski definition) is 0. The Bertz CT molecular complexity index is 1040. The number of nitrogens with zero attached hydrogens (tertiary/aromatic N) is 4. The van der Waals surface area contributed by atoms with E-state index in [2.05, 4.69) is 9.97 Å². The molecule has 0 spiro atoms. The number of fused-ring (bicyclic) bond motifs is 1. The second-order valence-electron chi connectivity index (χ2n) is 6.32. The molecule has 8 heteroatoms. The highest BCUT2D eigenvalue weighted by Crippen LogP contribution is 2.22. The molecule has 3 aromatic rings. The number of amides is 1. The van der Waals surface area contributed by atoms with E-state index in [1.807, 2.05) is 0 Å². The summed E-state index contributed by atoms with van der Waals surface area (Å²) < 4.78 is 20.1. The number of carbonyl (C=O) groups excluding carboxylic acids is 1. The normalized spacial score (nSPS) is 17.2. The molecular weight excluding hydrogens is 351 g/mol. The van der Waals surface area contributed by atoms with Crippen molar-refractivity contribution in [2.75, 3.05) is 19.7 Å². The topological polar surface area (TPSA) is 77.3 Å². The molecule has 4 rings (SSSR count).